The van der Waals surface area contributed by atoms with E-state index in [-0.39, 0.29) is 11.4 Å². The summed E-state index contributed by atoms with van der Waals surface area (Å²) in [6.07, 6.45) is 2.16. The summed E-state index contributed by atoms with van der Waals surface area (Å²) in [6.45, 7) is 3.67. The van der Waals surface area contributed by atoms with Crippen molar-refractivity contribution in [3.05, 3.63) is 45.6 Å². The average molecular weight is 291 g/mol. The van der Waals surface area contributed by atoms with Gasteiger partial charge in [0.15, 0.2) is 0 Å². The predicted molar refractivity (Wildman–Crippen MR) is 78.2 cm³/mol. The number of nitro benzene ring substituents is 1. The second-order valence-corrected chi connectivity index (χ2v) is 4.35. The zero-order chi connectivity index (χ0) is 15.8. The first-order valence-electron chi connectivity index (χ1n) is 6.46. The number of benzene rings is 1. The van der Waals surface area contributed by atoms with Crippen molar-refractivity contribution in [2.24, 2.45) is 0 Å². The van der Waals surface area contributed by atoms with E-state index in [0.717, 1.165) is 6.42 Å². The number of carbonyl (C=O) groups excluding carboxylic acids is 2. The van der Waals surface area contributed by atoms with Gasteiger partial charge in [-0.3, -0.25) is 19.7 Å². The molecular formula is C14H17N3O4. The molecule has 112 valence electrons. The van der Waals surface area contributed by atoms with Gasteiger partial charge in [0.1, 0.15) is 5.70 Å². The van der Waals surface area contributed by atoms with Crippen LogP contribution in [0, 0.1) is 10.1 Å². The number of non-ortho nitro benzene ring substituents is 1. The van der Waals surface area contributed by atoms with Crippen molar-refractivity contribution in [2.45, 2.75) is 20.3 Å². The van der Waals surface area contributed by atoms with Gasteiger partial charge in [0.2, 0.25) is 5.91 Å². The van der Waals surface area contributed by atoms with Crippen LogP contribution in [0.25, 0.3) is 6.08 Å². The topological polar surface area (TPSA) is 101 Å². The molecule has 7 nitrogen and oxygen atoms in total. The second-order valence-electron chi connectivity index (χ2n) is 4.35. The van der Waals surface area contributed by atoms with E-state index in [0.29, 0.717) is 12.1 Å². The van der Waals surface area contributed by atoms with Crippen molar-refractivity contribution in [3.63, 3.8) is 0 Å². The molecule has 1 aromatic carbocycles. The van der Waals surface area contributed by atoms with Gasteiger partial charge in [0.25, 0.3) is 11.6 Å². The zero-order valence-electron chi connectivity index (χ0n) is 11.9. The van der Waals surface area contributed by atoms with E-state index in [4.69, 9.17) is 0 Å². The van der Waals surface area contributed by atoms with E-state index in [2.05, 4.69) is 10.6 Å². The number of nitrogens with zero attached hydrogens (tertiary/aromatic N) is 1. The normalized spacial score (nSPS) is 10.9. The average Bonchev–Trinajstić information content (AvgIpc) is 2.43. The lowest BCUT2D eigenvalue weighted by atomic mass is 10.1. The third-order valence-electron chi connectivity index (χ3n) is 2.48. The number of nitro groups is 1. The van der Waals surface area contributed by atoms with Gasteiger partial charge in [-0.2, -0.15) is 0 Å². The Morgan fingerprint density at radius 2 is 2.10 bits per heavy atom. The van der Waals surface area contributed by atoms with Gasteiger partial charge in [0, 0.05) is 25.6 Å². The highest BCUT2D eigenvalue weighted by molar-refractivity contribution is 6.00. The van der Waals surface area contributed by atoms with E-state index >= 15 is 0 Å². The quantitative estimate of drug-likeness (QED) is 0.472. The number of carbonyl (C=O) groups is 2. The molecule has 1 rings (SSSR count). The van der Waals surface area contributed by atoms with Crippen LogP contribution in [0.2, 0.25) is 0 Å². The van der Waals surface area contributed by atoms with Gasteiger partial charge < -0.3 is 10.6 Å². The summed E-state index contributed by atoms with van der Waals surface area (Å²) >= 11 is 0. The van der Waals surface area contributed by atoms with Crippen LogP contribution in [0.3, 0.4) is 0 Å². The first kappa shape index (κ1) is 16.4. The minimum absolute atomic E-state index is 0.0523. The van der Waals surface area contributed by atoms with E-state index in [1.807, 2.05) is 6.92 Å². The van der Waals surface area contributed by atoms with Crippen LogP contribution in [0.5, 0.6) is 0 Å². The van der Waals surface area contributed by atoms with Crippen LogP contribution in [-0.2, 0) is 9.59 Å². The van der Waals surface area contributed by atoms with Crippen LogP contribution < -0.4 is 10.6 Å². The molecule has 0 fully saturated rings. The Hall–Kier alpha value is -2.70. The molecule has 7 heteroatoms. The summed E-state index contributed by atoms with van der Waals surface area (Å²) in [5.41, 5.74) is 0.427. The van der Waals surface area contributed by atoms with Gasteiger partial charge in [-0.25, -0.2) is 0 Å². The first-order valence-corrected chi connectivity index (χ1v) is 6.46. The Morgan fingerprint density at radius 1 is 1.38 bits per heavy atom. The van der Waals surface area contributed by atoms with E-state index in [1.165, 1.54) is 31.2 Å². The maximum Gasteiger partial charge on any atom is 0.270 e. The fraction of sp³-hybridized carbons (Fsp3) is 0.286. The van der Waals surface area contributed by atoms with Gasteiger partial charge in [-0.15, -0.1) is 0 Å². The Bertz CT molecular complexity index is 581. The Kier molecular flexibility index (Phi) is 6.06. The smallest absolute Gasteiger partial charge is 0.270 e. The SMILES string of the molecule is CCCNC(=O)C(=Cc1cccc([N+](=O)[O-])c1)NC(C)=O. The summed E-state index contributed by atoms with van der Waals surface area (Å²) < 4.78 is 0. The lowest BCUT2D eigenvalue weighted by Crippen LogP contribution is -2.34. The molecule has 21 heavy (non-hydrogen) atoms. The number of nitrogens with one attached hydrogen (secondary N) is 2. The van der Waals surface area contributed by atoms with Crippen LogP contribution in [0.4, 0.5) is 5.69 Å². The fourth-order valence-corrected chi connectivity index (χ4v) is 1.58. The molecule has 0 aliphatic heterocycles. The Balaban J connectivity index is 3.06. The molecule has 0 saturated carbocycles. The molecule has 0 spiro atoms. The second kappa shape index (κ2) is 7.78. The summed E-state index contributed by atoms with van der Waals surface area (Å²) in [6, 6.07) is 5.81. The van der Waals surface area contributed by atoms with Crippen molar-refractivity contribution >= 4 is 23.6 Å². The lowest BCUT2D eigenvalue weighted by molar-refractivity contribution is -0.384. The monoisotopic (exact) mass is 291 g/mol. The molecule has 0 aromatic heterocycles. The van der Waals surface area contributed by atoms with Crippen LogP contribution in [0.15, 0.2) is 30.0 Å². The predicted octanol–water partition coefficient (Wildman–Crippen LogP) is 1.60. The van der Waals surface area contributed by atoms with Crippen molar-refractivity contribution in [1.82, 2.24) is 10.6 Å². The molecule has 2 N–H and O–H groups in total. The highest BCUT2D eigenvalue weighted by atomic mass is 16.6. The Labute approximate surface area is 122 Å². The number of rotatable bonds is 6. The maximum absolute atomic E-state index is 11.9. The summed E-state index contributed by atoms with van der Waals surface area (Å²) in [5.74, 6) is -0.822. The molecular weight excluding hydrogens is 274 g/mol. The molecule has 0 aliphatic carbocycles. The van der Waals surface area contributed by atoms with Crippen molar-refractivity contribution < 1.29 is 14.5 Å². The molecule has 0 heterocycles. The highest BCUT2D eigenvalue weighted by Crippen LogP contribution is 2.15. The van der Waals surface area contributed by atoms with Crippen LogP contribution in [0.1, 0.15) is 25.8 Å². The molecule has 0 bridgehead atoms. The maximum atomic E-state index is 11.9. The Morgan fingerprint density at radius 3 is 2.67 bits per heavy atom. The summed E-state index contributed by atoms with van der Waals surface area (Å²) in [4.78, 5) is 33.3. The summed E-state index contributed by atoms with van der Waals surface area (Å²) in [7, 11) is 0. The van der Waals surface area contributed by atoms with Crippen molar-refractivity contribution in [2.75, 3.05) is 6.54 Å². The molecule has 0 unspecified atom stereocenters. The molecule has 0 radical (unpaired) electrons. The van der Waals surface area contributed by atoms with E-state index in [9.17, 15) is 19.7 Å². The van der Waals surface area contributed by atoms with Crippen molar-refractivity contribution in [3.8, 4) is 0 Å². The minimum atomic E-state index is -0.521. The third kappa shape index (κ3) is 5.43. The number of hydrogen-bond acceptors (Lipinski definition) is 4. The lowest BCUT2D eigenvalue weighted by Gasteiger charge is -2.08. The fourth-order valence-electron chi connectivity index (χ4n) is 1.58. The number of amides is 2. The molecule has 0 saturated heterocycles. The largest absolute Gasteiger partial charge is 0.351 e. The van der Waals surface area contributed by atoms with Crippen molar-refractivity contribution in [1.29, 1.82) is 0 Å². The first-order chi connectivity index (χ1) is 9.93. The highest BCUT2D eigenvalue weighted by Gasteiger charge is 2.11. The number of hydrogen-bond donors (Lipinski definition) is 2. The van der Waals surface area contributed by atoms with Crippen LogP contribution in [-0.4, -0.2) is 23.3 Å². The van der Waals surface area contributed by atoms with Gasteiger partial charge in [-0.1, -0.05) is 19.1 Å². The van der Waals surface area contributed by atoms with Gasteiger partial charge in [-0.05, 0) is 18.1 Å². The van der Waals surface area contributed by atoms with E-state index < -0.39 is 16.7 Å². The zero-order valence-corrected chi connectivity index (χ0v) is 11.9. The molecule has 0 aliphatic rings. The molecule has 1 aromatic rings. The molecule has 2 amide bonds. The van der Waals surface area contributed by atoms with E-state index in [1.54, 1.807) is 6.07 Å². The van der Waals surface area contributed by atoms with Crippen LogP contribution >= 0.6 is 0 Å². The third-order valence-corrected chi connectivity index (χ3v) is 2.48. The minimum Gasteiger partial charge on any atom is -0.351 e. The van der Waals surface area contributed by atoms with Gasteiger partial charge in [0.05, 0.1) is 4.92 Å². The summed E-state index contributed by atoms with van der Waals surface area (Å²) in [5, 5.41) is 15.8. The standard InChI is InChI=1S/C14H17N3O4/c1-3-7-15-14(19)13(16-10(2)18)9-11-5-4-6-12(8-11)17(20)21/h4-6,8-9H,3,7H2,1-2H3,(H,15,19)(H,16,18). The molecule has 0 atom stereocenters. The van der Waals surface area contributed by atoms with Gasteiger partial charge >= 0.3 is 0 Å².